The Balaban J connectivity index is 1.98. The number of allylic oxidation sites excluding steroid dienone is 3. The molecule has 4 nitrogen and oxygen atoms in total. The lowest BCUT2D eigenvalue weighted by Crippen LogP contribution is -2.52. The second-order valence-corrected chi connectivity index (χ2v) is 10.3. The van der Waals surface area contributed by atoms with Gasteiger partial charge in [0.1, 0.15) is 0 Å². The lowest BCUT2D eigenvalue weighted by atomic mass is 9.67. The van der Waals surface area contributed by atoms with Crippen molar-refractivity contribution in [3.8, 4) is 0 Å². The quantitative estimate of drug-likeness (QED) is 0.749. The molecule has 154 valence electrons. The molecular weight excluding hydrogens is 380 g/mol. The highest BCUT2D eigenvalue weighted by Crippen LogP contribution is 2.55. The van der Waals surface area contributed by atoms with E-state index in [4.69, 9.17) is 0 Å². The topological polar surface area (TPSA) is 58.2 Å². The van der Waals surface area contributed by atoms with Crippen LogP contribution in [0.4, 0.5) is 0 Å². The van der Waals surface area contributed by atoms with Crippen molar-refractivity contribution in [1.29, 1.82) is 0 Å². The average molecular weight is 411 g/mol. The summed E-state index contributed by atoms with van der Waals surface area (Å²) in [6.07, 6.45) is 15.2. The first-order chi connectivity index (χ1) is 14.0. The molecule has 0 aromatic heterocycles. The van der Waals surface area contributed by atoms with Gasteiger partial charge in [0, 0.05) is 11.7 Å². The molecule has 3 aliphatic rings. The Morgan fingerprint density at radius 2 is 1.97 bits per heavy atom. The minimum Gasteiger partial charge on any atom is -0.368 e. The van der Waals surface area contributed by atoms with Crippen molar-refractivity contribution in [2.24, 2.45) is 5.41 Å². The average Bonchev–Trinajstić information content (AvgIpc) is 2.83. The maximum absolute atomic E-state index is 13.8. The number of dihydropyridines is 1. The third-order valence-electron chi connectivity index (χ3n) is 6.62. The van der Waals surface area contributed by atoms with Crippen LogP contribution >= 0.6 is 0 Å². The number of benzene rings is 1. The fourth-order valence-electron chi connectivity index (χ4n) is 5.02. The van der Waals surface area contributed by atoms with Crippen LogP contribution in [0.25, 0.3) is 0 Å². The molecule has 1 saturated heterocycles. The summed E-state index contributed by atoms with van der Waals surface area (Å²) in [5.74, 6) is 0.135. The standard InChI is InChI=1S/C24H30N2O2S/c1-3-5-14-23(4-2)18-29(27,28)21-13-9-12-20-17-25-16-15-24(20,21)22(26-23)19-10-7-6-8-11-19/h6-13,15-17,22,25-26H,3-5,14,18H2,1-2H3/t22-,23-,24?/m0/s1. The van der Waals surface area contributed by atoms with E-state index in [9.17, 15) is 8.42 Å². The number of unbranched alkanes of at least 4 members (excludes halogenated alkanes) is 1. The van der Waals surface area contributed by atoms with Gasteiger partial charge in [-0.25, -0.2) is 8.42 Å². The van der Waals surface area contributed by atoms with E-state index < -0.39 is 20.8 Å². The molecular formula is C24H30N2O2S. The van der Waals surface area contributed by atoms with Crippen molar-refractivity contribution in [1.82, 2.24) is 10.6 Å². The molecule has 2 heterocycles. The predicted octanol–water partition coefficient (Wildman–Crippen LogP) is 4.53. The van der Waals surface area contributed by atoms with E-state index in [0.717, 1.165) is 36.8 Å². The van der Waals surface area contributed by atoms with Crippen molar-refractivity contribution in [3.05, 3.63) is 83.1 Å². The Labute approximate surface area is 174 Å². The minimum atomic E-state index is -3.46. The molecule has 1 aromatic rings. The van der Waals surface area contributed by atoms with Crippen LogP contribution in [-0.4, -0.2) is 19.7 Å². The van der Waals surface area contributed by atoms with Gasteiger partial charge in [0.2, 0.25) is 0 Å². The van der Waals surface area contributed by atoms with E-state index in [1.807, 2.05) is 54.9 Å². The van der Waals surface area contributed by atoms with E-state index in [-0.39, 0.29) is 11.8 Å². The van der Waals surface area contributed by atoms with Gasteiger partial charge < -0.3 is 10.6 Å². The molecule has 2 N–H and O–H groups in total. The van der Waals surface area contributed by atoms with Crippen LogP contribution in [0.5, 0.6) is 0 Å². The van der Waals surface area contributed by atoms with Gasteiger partial charge in [-0.15, -0.1) is 0 Å². The summed E-state index contributed by atoms with van der Waals surface area (Å²) >= 11 is 0. The molecule has 1 fully saturated rings. The molecule has 2 aliphatic heterocycles. The maximum Gasteiger partial charge on any atom is 0.177 e. The van der Waals surface area contributed by atoms with Crippen LogP contribution in [0.2, 0.25) is 0 Å². The van der Waals surface area contributed by atoms with Crippen molar-refractivity contribution >= 4 is 9.84 Å². The third kappa shape index (κ3) is 3.30. The van der Waals surface area contributed by atoms with Gasteiger partial charge in [0.25, 0.3) is 0 Å². The predicted molar refractivity (Wildman–Crippen MR) is 119 cm³/mol. The summed E-state index contributed by atoms with van der Waals surface area (Å²) in [6.45, 7) is 4.26. The van der Waals surface area contributed by atoms with E-state index in [0.29, 0.717) is 4.91 Å². The molecule has 29 heavy (non-hydrogen) atoms. The summed E-state index contributed by atoms with van der Waals surface area (Å²) in [6, 6.07) is 10.1. The summed E-state index contributed by atoms with van der Waals surface area (Å²) in [5.41, 5.74) is 0.887. The molecule has 5 heteroatoms. The van der Waals surface area contributed by atoms with Crippen LogP contribution in [0.1, 0.15) is 51.1 Å². The van der Waals surface area contributed by atoms with Crippen molar-refractivity contribution in [3.63, 3.8) is 0 Å². The second kappa shape index (κ2) is 7.62. The van der Waals surface area contributed by atoms with Gasteiger partial charge in [0.15, 0.2) is 9.84 Å². The van der Waals surface area contributed by atoms with Gasteiger partial charge in [-0.2, -0.15) is 0 Å². The SMILES string of the molecule is CCCC[C@@]1(CC)CS(=O)(=O)C2=CC=CC3=CNC=CC32[C@H](c2ccccc2)N1. The Morgan fingerprint density at radius 3 is 2.69 bits per heavy atom. The Kier molecular flexibility index (Phi) is 5.30. The summed E-state index contributed by atoms with van der Waals surface area (Å²) in [7, 11) is -3.46. The van der Waals surface area contributed by atoms with Crippen LogP contribution < -0.4 is 10.6 Å². The van der Waals surface area contributed by atoms with Crippen LogP contribution in [0, 0.1) is 5.41 Å². The smallest absolute Gasteiger partial charge is 0.177 e. The molecule has 1 aromatic carbocycles. The van der Waals surface area contributed by atoms with Gasteiger partial charge in [-0.05, 0) is 36.3 Å². The van der Waals surface area contributed by atoms with Gasteiger partial charge in [-0.3, -0.25) is 0 Å². The Bertz CT molecular complexity index is 991. The third-order valence-corrected chi connectivity index (χ3v) is 8.69. The molecule has 3 atom stereocenters. The molecule has 4 rings (SSSR count). The van der Waals surface area contributed by atoms with E-state index in [1.165, 1.54) is 0 Å². The monoisotopic (exact) mass is 410 g/mol. The number of hydrogen-bond donors (Lipinski definition) is 2. The molecule has 0 saturated carbocycles. The van der Waals surface area contributed by atoms with Crippen molar-refractivity contribution in [2.75, 3.05) is 5.75 Å². The van der Waals surface area contributed by atoms with Crippen molar-refractivity contribution < 1.29 is 8.42 Å². The summed E-state index contributed by atoms with van der Waals surface area (Å²) < 4.78 is 27.6. The van der Waals surface area contributed by atoms with E-state index >= 15 is 0 Å². The zero-order chi connectivity index (χ0) is 20.5. The van der Waals surface area contributed by atoms with Crippen LogP contribution in [0.15, 0.2) is 77.5 Å². The summed E-state index contributed by atoms with van der Waals surface area (Å²) in [5, 5.41) is 7.06. The first kappa shape index (κ1) is 20.2. The highest BCUT2D eigenvalue weighted by Gasteiger charge is 2.55. The molecule has 0 radical (unpaired) electrons. The van der Waals surface area contributed by atoms with Gasteiger partial charge in [-0.1, -0.05) is 75.2 Å². The molecule has 1 unspecified atom stereocenters. The molecule has 0 amide bonds. The van der Waals surface area contributed by atoms with Crippen LogP contribution in [0.3, 0.4) is 0 Å². The molecule has 0 bridgehead atoms. The number of sulfone groups is 1. The molecule has 1 spiro atoms. The van der Waals surface area contributed by atoms with Gasteiger partial charge in [0.05, 0.1) is 22.1 Å². The zero-order valence-electron chi connectivity index (χ0n) is 17.2. The second-order valence-electron chi connectivity index (χ2n) is 8.34. The normalized spacial score (nSPS) is 32.3. The Hall–Kier alpha value is -2.11. The van der Waals surface area contributed by atoms with Gasteiger partial charge >= 0.3 is 0 Å². The highest BCUT2D eigenvalue weighted by atomic mass is 32.2. The zero-order valence-corrected chi connectivity index (χ0v) is 18.0. The Morgan fingerprint density at radius 1 is 1.17 bits per heavy atom. The maximum atomic E-state index is 13.8. The number of hydrogen-bond acceptors (Lipinski definition) is 4. The molecule has 1 aliphatic carbocycles. The largest absolute Gasteiger partial charge is 0.368 e. The summed E-state index contributed by atoms with van der Waals surface area (Å²) in [4.78, 5) is 0.504. The fourth-order valence-corrected chi connectivity index (χ4v) is 7.44. The first-order valence-corrected chi connectivity index (χ1v) is 12.2. The van der Waals surface area contributed by atoms with Crippen molar-refractivity contribution in [2.45, 2.75) is 51.1 Å². The first-order valence-electron chi connectivity index (χ1n) is 10.6. The van der Waals surface area contributed by atoms with E-state index in [1.54, 1.807) is 0 Å². The van der Waals surface area contributed by atoms with E-state index in [2.05, 4.69) is 36.6 Å². The van der Waals surface area contributed by atoms with Crippen LogP contribution in [-0.2, 0) is 9.84 Å². The lowest BCUT2D eigenvalue weighted by molar-refractivity contribution is 0.239. The highest BCUT2D eigenvalue weighted by molar-refractivity contribution is 7.95. The number of rotatable bonds is 5. The minimum absolute atomic E-state index is 0.135. The number of nitrogens with one attached hydrogen (secondary N) is 2. The lowest BCUT2D eigenvalue weighted by Gasteiger charge is -2.44. The fraction of sp³-hybridized carbons (Fsp3) is 0.417.